The molecule has 0 aliphatic carbocycles. The van der Waals surface area contributed by atoms with Gasteiger partial charge in [-0.2, -0.15) is 4.72 Å². The zero-order valence-electron chi connectivity index (χ0n) is 20.6. The van der Waals surface area contributed by atoms with Crippen LogP contribution in [-0.4, -0.2) is 59.0 Å². The van der Waals surface area contributed by atoms with Gasteiger partial charge >= 0.3 is 11.9 Å². The number of sulfonamides is 1. The van der Waals surface area contributed by atoms with Crippen molar-refractivity contribution in [3.63, 3.8) is 0 Å². The molecular weight excluding hydrogens is 484 g/mol. The van der Waals surface area contributed by atoms with Gasteiger partial charge < -0.3 is 20.3 Å². The fraction of sp³-hybridized carbons (Fsp3) is 0.400. The van der Waals surface area contributed by atoms with Crippen LogP contribution in [0, 0.1) is 6.92 Å². The van der Waals surface area contributed by atoms with E-state index in [0.29, 0.717) is 13.0 Å². The van der Waals surface area contributed by atoms with Crippen LogP contribution in [0.2, 0.25) is 0 Å². The zero-order valence-corrected chi connectivity index (χ0v) is 21.4. The number of hydrogen-bond acceptors (Lipinski definition) is 8. The monoisotopic (exact) mass is 516 g/mol. The van der Waals surface area contributed by atoms with Gasteiger partial charge in [0.05, 0.1) is 11.3 Å². The minimum absolute atomic E-state index is 0.0731. The number of anilines is 1. The number of nitrogens with zero attached hydrogens (tertiary/aromatic N) is 1. The molecule has 36 heavy (non-hydrogen) atoms. The van der Waals surface area contributed by atoms with Crippen LogP contribution in [0.25, 0.3) is 0 Å². The maximum atomic E-state index is 12.9. The lowest BCUT2D eigenvalue weighted by Crippen LogP contribution is -2.46. The summed E-state index contributed by atoms with van der Waals surface area (Å²) >= 11 is 0. The number of benzene rings is 2. The van der Waals surface area contributed by atoms with Crippen molar-refractivity contribution in [3.05, 3.63) is 59.7 Å². The fourth-order valence-electron chi connectivity index (χ4n) is 3.64. The molecule has 1 amide bonds. The first-order chi connectivity index (χ1) is 17.0. The van der Waals surface area contributed by atoms with Gasteiger partial charge in [0.1, 0.15) is 12.1 Å². The second-order valence-electron chi connectivity index (χ2n) is 8.92. The maximum absolute atomic E-state index is 12.9. The fourth-order valence-corrected chi connectivity index (χ4v) is 4.83. The molecule has 11 heteroatoms. The Kier molecular flexibility index (Phi) is 9.19. The summed E-state index contributed by atoms with van der Waals surface area (Å²) in [6, 6.07) is 11.3. The molecule has 0 aromatic heterocycles. The molecule has 0 radical (unpaired) electrons. The minimum Gasteiger partial charge on any atom is -0.391 e. The third-order valence-electron chi connectivity index (χ3n) is 5.79. The first kappa shape index (κ1) is 27.3. The Bertz CT molecular complexity index is 1170. The number of ether oxygens (including phenoxy) is 1. The number of nitrogens with one attached hydrogen (secondary N) is 3. The normalized spacial score (nSPS) is 16.2. The zero-order chi connectivity index (χ0) is 26.3. The van der Waals surface area contributed by atoms with Gasteiger partial charge in [-0.3, -0.25) is 4.79 Å². The summed E-state index contributed by atoms with van der Waals surface area (Å²) in [4.78, 5) is 39.6. The summed E-state index contributed by atoms with van der Waals surface area (Å²) in [5.74, 6) is -2.50. The molecule has 1 aliphatic rings. The van der Waals surface area contributed by atoms with Gasteiger partial charge in [0, 0.05) is 26.3 Å². The van der Waals surface area contributed by atoms with Crippen molar-refractivity contribution in [1.82, 2.24) is 15.4 Å². The van der Waals surface area contributed by atoms with Crippen LogP contribution in [0.3, 0.4) is 0 Å². The predicted molar refractivity (Wildman–Crippen MR) is 135 cm³/mol. The molecule has 0 saturated carbocycles. The molecule has 2 aromatic rings. The van der Waals surface area contributed by atoms with Crippen LogP contribution in [0.4, 0.5) is 5.69 Å². The number of hydrogen-bond donors (Lipinski definition) is 3. The number of carbonyl (C=O) groups excluding carboxylic acids is 3. The van der Waals surface area contributed by atoms with Gasteiger partial charge in [-0.25, -0.2) is 18.0 Å². The Morgan fingerprint density at radius 1 is 1.08 bits per heavy atom. The van der Waals surface area contributed by atoms with Crippen LogP contribution in [0.15, 0.2) is 53.4 Å². The number of carbonyl (C=O) groups is 3. The topological polar surface area (TPSA) is 134 Å². The standard InChI is InChI=1S/C25H32N4O6S/c1-17-6-12-20(13-7-17)36(33,34)28-22(25(32)35-24(31)21-5-4-14-26-21)15-23(30)27-16-18-8-10-19(11-9-18)29(2)3/h6-13,21-22,26,28H,4-5,14-16H2,1-3H3,(H,27,30)/t21-,22-/m0/s1. The van der Waals surface area contributed by atoms with Crippen molar-refractivity contribution in [2.45, 2.75) is 49.7 Å². The van der Waals surface area contributed by atoms with E-state index in [0.717, 1.165) is 23.2 Å². The summed E-state index contributed by atoms with van der Waals surface area (Å²) in [6.07, 6.45) is 0.736. The average Bonchev–Trinajstić information content (AvgIpc) is 3.38. The quantitative estimate of drug-likeness (QED) is 0.317. The molecule has 0 unspecified atom stereocenters. The van der Waals surface area contributed by atoms with E-state index < -0.39 is 46.4 Å². The smallest absolute Gasteiger partial charge is 0.332 e. The highest BCUT2D eigenvalue weighted by Crippen LogP contribution is 2.14. The lowest BCUT2D eigenvalue weighted by Gasteiger charge is -2.18. The summed E-state index contributed by atoms with van der Waals surface area (Å²) in [7, 11) is -0.328. The Morgan fingerprint density at radius 3 is 2.33 bits per heavy atom. The van der Waals surface area contributed by atoms with E-state index in [-0.39, 0.29) is 11.4 Å². The van der Waals surface area contributed by atoms with E-state index in [1.54, 1.807) is 12.1 Å². The van der Waals surface area contributed by atoms with Crippen LogP contribution in [0.1, 0.15) is 30.4 Å². The third kappa shape index (κ3) is 7.61. The molecule has 0 bridgehead atoms. The van der Waals surface area contributed by atoms with Crippen LogP contribution in [-0.2, 0) is 35.7 Å². The second kappa shape index (κ2) is 12.1. The Morgan fingerprint density at radius 2 is 1.75 bits per heavy atom. The molecule has 194 valence electrons. The third-order valence-corrected chi connectivity index (χ3v) is 7.28. The van der Waals surface area contributed by atoms with Gasteiger partial charge in [-0.1, -0.05) is 29.8 Å². The summed E-state index contributed by atoms with van der Waals surface area (Å²) in [5.41, 5.74) is 2.69. The summed E-state index contributed by atoms with van der Waals surface area (Å²) in [6.45, 7) is 2.62. The average molecular weight is 517 g/mol. The molecule has 2 atom stereocenters. The second-order valence-corrected chi connectivity index (χ2v) is 10.6. The first-order valence-corrected chi connectivity index (χ1v) is 13.1. The highest BCUT2D eigenvalue weighted by molar-refractivity contribution is 7.89. The van der Waals surface area contributed by atoms with Crippen LogP contribution >= 0.6 is 0 Å². The molecular formula is C25H32N4O6S. The maximum Gasteiger partial charge on any atom is 0.332 e. The Balaban J connectivity index is 1.69. The van der Waals surface area contributed by atoms with Crippen molar-refractivity contribution < 1.29 is 27.5 Å². The molecule has 1 fully saturated rings. The van der Waals surface area contributed by atoms with Gasteiger partial charge in [0.15, 0.2) is 0 Å². The van der Waals surface area contributed by atoms with Gasteiger partial charge in [-0.15, -0.1) is 0 Å². The van der Waals surface area contributed by atoms with Crippen molar-refractivity contribution in [2.24, 2.45) is 0 Å². The van der Waals surface area contributed by atoms with Crippen molar-refractivity contribution in [3.8, 4) is 0 Å². The minimum atomic E-state index is -4.16. The molecule has 2 aromatic carbocycles. The van der Waals surface area contributed by atoms with E-state index in [2.05, 4.69) is 15.4 Å². The number of aryl methyl sites for hydroxylation is 1. The summed E-state index contributed by atoms with van der Waals surface area (Å²) in [5, 5.41) is 5.60. The molecule has 10 nitrogen and oxygen atoms in total. The highest BCUT2D eigenvalue weighted by atomic mass is 32.2. The van der Waals surface area contributed by atoms with E-state index >= 15 is 0 Å². The number of esters is 2. The van der Waals surface area contributed by atoms with Crippen molar-refractivity contribution in [2.75, 3.05) is 25.5 Å². The molecule has 0 spiro atoms. The highest BCUT2D eigenvalue weighted by Gasteiger charge is 2.33. The van der Waals surface area contributed by atoms with Gasteiger partial charge in [0.2, 0.25) is 15.9 Å². The lowest BCUT2D eigenvalue weighted by molar-refractivity contribution is -0.162. The summed E-state index contributed by atoms with van der Waals surface area (Å²) < 4.78 is 33.0. The van der Waals surface area contributed by atoms with E-state index in [4.69, 9.17) is 4.74 Å². The predicted octanol–water partition coefficient (Wildman–Crippen LogP) is 1.24. The van der Waals surface area contributed by atoms with E-state index in [9.17, 15) is 22.8 Å². The molecule has 1 saturated heterocycles. The van der Waals surface area contributed by atoms with Crippen molar-refractivity contribution in [1.29, 1.82) is 0 Å². The largest absolute Gasteiger partial charge is 0.391 e. The van der Waals surface area contributed by atoms with Gasteiger partial charge in [0.25, 0.3) is 0 Å². The lowest BCUT2D eigenvalue weighted by atomic mass is 10.1. The molecule has 3 rings (SSSR count). The molecule has 3 N–H and O–H groups in total. The van der Waals surface area contributed by atoms with Gasteiger partial charge in [-0.05, 0) is 56.1 Å². The number of rotatable bonds is 10. The SMILES string of the molecule is Cc1ccc(S(=O)(=O)N[C@@H](CC(=O)NCc2ccc(N(C)C)cc2)C(=O)OC(=O)[C@@H]2CCCN2)cc1. The number of amides is 1. The molecule has 1 aliphatic heterocycles. The van der Waals surface area contributed by atoms with Crippen LogP contribution in [0.5, 0.6) is 0 Å². The first-order valence-electron chi connectivity index (χ1n) is 11.7. The Labute approximate surface area is 211 Å². The van der Waals surface area contributed by atoms with E-state index in [1.165, 1.54) is 12.1 Å². The Hall–Kier alpha value is -3.28. The van der Waals surface area contributed by atoms with Crippen molar-refractivity contribution >= 4 is 33.6 Å². The van der Waals surface area contributed by atoms with Crippen LogP contribution < -0.4 is 20.3 Å². The van der Waals surface area contributed by atoms with E-state index in [1.807, 2.05) is 50.2 Å². The molecule has 1 heterocycles.